The highest BCUT2D eigenvalue weighted by molar-refractivity contribution is 5.83. The molecule has 4 rings (SSSR count). The highest BCUT2D eigenvalue weighted by atomic mass is 16.4. The lowest BCUT2D eigenvalue weighted by atomic mass is 9.43. The van der Waals surface area contributed by atoms with Gasteiger partial charge >= 0.3 is 5.97 Å². The largest absolute Gasteiger partial charge is 0.481 e. The predicted octanol–water partition coefficient (Wildman–Crippen LogP) is 3.66. The van der Waals surface area contributed by atoms with Crippen LogP contribution in [0.4, 0.5) is 0 Å². The van der Waals surface area contributed by atoms with Crippen molar-refractivity contribution < 1.29 is 24.9 Å². The number of carboxylic acids is 1. The van der Waals surface area contributed by atoms with Crippen LogP contribution in [0, 0.1) is 46.3 Å². The van der Waals surface area contributed by atoms with E-state index in [-0.39, 0.29) is 58.9 Å². The van der Waals surface area contributed by atoms with Gasteiger partial charge in [-0.1, -0.05) is 20.8 Å². The molecule has 3 N–H and O–H groups in total. The zero-order valence-corrected chi connectivity index (χ0v) is 18.1. The topological polar surface area (TPSA) is 94.8 Å². The third-order valence-electron chi connectivity index (χ3n) is 10.1. The minimum Gasteiger partial charge on any atom is -0.481 e. The van der Waals surface area contributed by atoms with Crippen molar-refractivity contribution in [2.45, 2.75) is 90.8 Å². The maximum absolute atomic E-state index is 13.4. The molecule has 164 valence electrons. The summed E-state index contributed by atoms with van der Waals surface area (Å²) in [5.41, 5.74) is -0.265. The number of ketones is 1. The van der Waals surface area contributed by atoms with Crippen LogP contribution in [0.5, 0.6) is 0 Å². The Morgan fingerprint density at radius 2 is 1.86 bits per heavy atom. The summed E-state index contributed by atoms with van der Waals surface area (Å²) < 4.78 is 0. The molecule has 2 unspecified atom stereocenters. The van der Waals surface area contributed by atoms with Gasteiger partial charge in [0.15, 0.2) is 0 Å². The molecule has 0 amide bonds. The standard InChI is InChI=1S/C24H38O5/c1-13(4-7-21(28)29)16-5-6-17-22-18(12-20(27)24(16,17)3)23(2)9-8-15(25)10-14(23)11-19(22)26/h13-18,20,22,25,27H,4-12H2,1-3H3,(H,28,29)/t13-,14+,15-,16-,17?,18?,20+,22+,23+,24-/m1/s1. The smallest absolute Gasteiger partial charge is 0.303 e. The maximum Gasteiger partial charge on any atom is 0.303 e. The fourth-order valence-corrected chi connectivity index (χ4v) is 8.40. The zero-order valence-electron chi connectivity index (χ0n) is 18.1. The number of aliphatic carboxylic acids is 1. The average Bonchev–Trinajstić information content (AvgIpc) is 3.01. The van der Waals surface area contributed by atoms with Crippen molar-refractivity contribution in [3.63, 3.8) is 0 Å². The molecule has 0 spiro atoms. The third-order valence-corrected chi connectivity index (χ3v) is 10.1. The van der Waals surface area contributed by atoms with Crippen LogP contribution in [0.3, 0.4) is 0 Å². The summed E-state index contributed by atoms with van der Waals surface area (Å²) in [6.45, 7) is 6.62. The Balaban J connectivity index is 1.62. The summed E-state index contributed by atoms with van der Waals surface area (Å²) in [5, 5.41) is 30.7. The molecule has 0 bridgehead atoms. The first kappa shape index (κ1) is 21.3. The first-order chi connectivity index (χ1) is 13.6. The van der Waals surface area contributed by atoms with Gasteiger partial charge in [0.25, 0.3) is 0 Å². The fraction of sp³-hybridized carbons (Fsp3) is 0.917. The minimum atomic E-state index is -0.762. The number of rotatable bonds is 4. The monoisotopic (exact) mass is 406 g/mol. The number of Topliss-reactive ketones (excluding diaryl/α,β-unsaturated/α-hetero) is 1. The van der Waals surface area contributed by atoms with Gasteiger partial charge in [0.05, 0.1) is 12.2 Å². The summed E-state index contributed by atoms with van der Waals surface area (Å²) in [4.78, 5) is 24.4. The third kappa shape index (κ3) is 3.18. The number of hydrogen-bond acceptors (Lipinski definition) is 4. The molecule has 4 saturated carbocycles. The van der Waals surface area contributed by atoms with Gasteiger partial charge in [0.2, 0.25) is 0 Å². The molecule has 0 saturated heterocycles. The van der Waals surface area contributed by atoms with Crippen LogP contribution >= 0.6 is 0 Å². The normalized spacial score (nSPS) is 50.4. The molecule has 0 heterocycles. The first-order valence-electron chi connectivity index (χ1n) is 11.7. The molecule has 10 atom stereocenters. The van der Waals surface area contributed by atoms with Gasteiger partial charge in [0.1, 0.15) is 5.78 Å². The summed E-state index contributed by atoms with van der Waals surface area (Å²) in [5.74, 6) is 0.775. The van der Waals surface area contributed by atoms with Gasteiger partial charge in [-0.2, -0.15) is 0 Å². The van der Waals surface area contributed by atoms with Crippen molar-refractivity contribution >= 4 is 11.8 Å². The van der Waals surface area contributed by atoms with Crippen molar-refractivity contribution in [1.82, 2.24) is 0 Å². The SMILES string of the molecule is C[C@H](CCC(=O)O)[C@H]1CCC2[C@@H]3C(=O)C[C@@H]4C[C@H](O)CC[C@]4(C)C3C[C@H](O)[C@@]21C. The molecule has 5 nitrogen and oxygen atoms in total. The van der Waals surface area contributed by atoms with E-state index in [0.29, 0.717) is 25.0 Å². The quantitative estimate of drug-likeness (QED) is 0.662. The predicted molar refractivity (Wildman–Crippen MR) is 109 cm³/mol. The van der Waals surface area contributed by atoms with Crippen LogP contribution in [-0.2, 0) is 9.59 Å². The summed E-state index contributed by atoms with van der Waals surface area (Å²) in [6, 6.07) is 0. The van der Waals surface area contributed by atoms with Gasteiger partial charge in [-0.05, 0) is 80.0 Å². The second kappa shape index (κ2) is 7.33. The minimum absolute atomic E-state index is 0.0246. The van der Waals surface area contributed by atoms with Gasteiger partial charge in [-0.25, -0.2) is 0 Å². The van der Waals surface area contributed by atoms with E-state index < -0.39 is 12.1 Å². The van der Waals surface area contributed by atoms with Gasteiger partial charge < -0.3 is 15.3 Å². The molecular weight excluding hydrogens is 368 g/mol. The number of carbonyl (C=O) groups is 2. The molecule has 0 aromatic carbocycles. The first-order valence-corrected chi connectivity index (χ1v) is 11.7. The van der Waals surface area contributed by atoms with Gasteiger partial charge in [-0.15, -0.1) is 0 Å². The summed E-state index contributed by atoms with van der Waals surface area (Å²) >= 11 is 0. The molecular formula is C24H38O5. The van der Waals surface area contributed by atoms with Crippen LogP contribution < -0.4 is 0 Å². The zero-order chi connectivity index (χ0) is 21.1. The van der Waals surface area contributed by atoms with Crippen molar-refractivity contribution in [1.29, 1.82) is 0 Å². The van der Waals surface area contributed by atoms with E-state index in [1.165, 1.54) is 0 Å². The van der Waals surface area contributed by atoms with E-state index in [1.54, 1.807) is 0 Å². The Bertz CT molecular complexity index is 676. The Kier molecular flexibility index (Phi) is 5.39. The van der Waals surface area contributed by atoms with Crippen LogP contribution in [0.1, 0.15) is 78.6 Å². The Morgan fingerprint density at radius 1 is 1.14 bits per heavy atom. The molecule has 0 radical (unpaired) electrons. The van der Waals surface area contributed by atoms with Crippen LogP contribution in [0.2, 0.25) is 0 Å². The summed E-state index contributed by atoms with van der Waals surface area (Å²) in [7, 11) is 0. The fourth-order valence-electron chi connectivity index (χ4n) is 8.40. The number of aliphatic hydroxyl groups excluding tert-OH is 2. The van der Waals surface area contributed by atoms with E-state index in [1.807, 2.05) is 0 Å². The van der Waals surface area contributed by atoms with Crippen LogP contribution in [0.15, 0.2) is 0 Å². The molecule has 4 aliphatic rings. The van der Waals surface area contributed by atoms with E-state index in [9.17, 15) is 19.8 Å². The van der Waals surface area contributed by atoms with E-state index in [4.69, 9.17) is 5.11 Å². The molecule has 5 heteroatoms. The number of carbonyl (C=O) groups excluding carboxylic acids is 1. The van der Waals surface area contributed by atoms with Crippen LogP contribution in [0.25, 0.3) is 0 Å². The van der Waals surface area contributed by atoms with Gasteiger partial charge in [-0.3, -0.25) is 9.59 Å². The maximum atomic E-state index is 13.4. The Hall–Kier alpha value is -0.940. The highest BCUT2D eigenvalue weighted by Crippen LogP contribution is 2.67. The van der Waals surface area contributed by atoms with Crippen molar-refractivity contribution in [2.24, 2.45) is 46.3 Å². The number of aliphatic hydroxyl groups is 2. The number of fused-ring (bicyclic) bond motifs is 5. The molecule has 4 aliphatic carbocycles. The van der Waals surface area contributed by atoms with Crippen molar-refractivity contribution in [2.75, 3.05) is 0 Å². The highest BCUT2D eigenvalue weighted by Gasteiger charge is 2.65. The van der Waals surface area contributed by atoms with E-state index >= 15 is 0 Å². The lowest BCUT2D eigenvalue weighted by Crippen LogP contribution is -2.61. The summed E-state index contributed by atoms with van der Waals surface area (Å²) in [6.07, 6.45) is 5.74. The molecule has 29 heavy (non-hydrogen) atoms. The van der Waals surface area contributed by atoms with Crippen molar-refractivity contribution in [3.8, 4) is 0 Å². The Morgan fingerprint density at radius 3 is 2.55 bits per heavy atom. The van der Waals surface area contributed by atoms with E-state index in [0.717, 1.165) is 32.1 Å². The second-order valence-corrected chi connectivity index (χ2v) is 11.3. The molecule has 0 aromatic rings. The molecule has 0 aliphatic heterocycles. The van der Waals surface area contributed by atoms with E-state index in [2.05, 4.69) is 20.8 Å². The second-order valence-electron chi connectivity index (χ2n) is 11.3. The lowest BCUT2D eigenvalue weighted by Gasteiger charge is -2.61. The lowest BCUT2D eigenvalue weighted by molar-refractivity contribution is -0.182. The molecule has 0 aromatic heterocycles. The number of hydrogen-bond donors (Lipinski definition) is 3. The Labute approximate surface area is 174 Å². The van der Waals surface area contributed by atoms with Crippen molar-refractivity contribution in [3.05, 3.63) is 0 Å². The average molecular weight is 407 g/mol. The molecule has 4 fully saturated rings. The van der Waals surface area contributed by atoms with Gasteiger partial charge in [0, 0.05) is 24.2 Å². The number of carboxylic acid groups (broad SMARTS) is 1. The van der Waals surface area contributed by atoms with Crippen LogP contribution in [-0.4, -0.2) is 39.3 Å².